The van der Waals surface area contributed by atoms with Crippen molar-refractivity contribution in [2.75, 3.05) is 26.8 Å². The Morgan fingerprint density at radius 1 is 1.13 bits per heavy atom. The van der Waals surface area contributed by atoms with E-state index in [1.165, 1.54) is 32.1 Å². The summed E-state index contributed by atoms with van der Waals surface area (Å²) in [4.78, 5) is 18.0. The Kier molecular flexibility index (Phi) is 6.86. The van der Waals surface area contributed by atoms with E-state index in [-0.39, 0.29) is 11.9 Å². The number of rotatable bonds is 5. The van der Waals surface area contributed by atoms with Crippen molar-refractivity contribution in [2.24, 2.45) is 5.92 Å². The normalized spacial score (nSPS) is 25.5. The highest BCUT2D eigenvalue weighted by molar-refractivity contribution is 5.80. The largest absolute Gasteiger partial charge is 0.496 e. The van der Waals surface area contributed by atoms with Gasteiger partial charge in [-0.1, -0.05) is 37.5 Å². The van der Waals surface area contributed by atoms with Crippen molar-refractivity contribution in [1.82, 2.24) is 9.80 Å². The van der Waals surface area contributed by atoms with E-state index in [4.69, 9.17) is 9.47 Å². The topological polar surface area (TPSA) is 42.0 Å². The van der Waals surface area contributed by atoms with Crippen LogP contribution in [-0.2, 0) is 16.0 Å². The van der Waals surface area contributed by atoms with Crippen molar-refractivity contribution >= 4 is 5.91 Å². The molecule has 0 bridgehead atoms. The minimum Gasteiger partial charge on any atom is -0.496 e. The minimum atomic E-state index is 0.176. The van der Waals surface area contributed by atoms with Gasteiger partial charge in [0.15, 0.2) is 5.88 Å². The molecule has 30 heavy (non-hydrogen) atoms. The van der Waals surface area contributed by atoms with Crippen molar-refractivity contribution in [3.05, 3.63) is 41.8 Å². The number of allylic oxidation sites excluding steroid dienone is 1. The SMILES string of the molecule is COc1ccccc1CC(=O)N1CCN(C2=CCCCO2)[C@H](C2CCCCC2)[C@H]1C. The maximum atomic E-state index is 13.4. The number of piperazine rings is 1. The van der Waals surface area contributed by atoms with Crippen LogP contribution in [-0.4, -0.2) is 54.6 Å². The standard InChI is InChI=1S/C25H36N2O3/c1-19-25(20-10-4-3-5-11-20)27(24-14-8-9-17-30-24)16-15-26(19)23(28)18-21-12-6-7-13-22(21)29-2/h6-7,12-14,19-20,25H,3-5,8-11,15-18H2,1-2H3/t19-,25+/m1/s1. The van der Waals surface area contributed by atoms with Gasteiger partial charge in [0.25, 0.3) is 0 Å². The summed E-state index contributed by atoms with van der Waals surface area (Å²) < 4.78 is 11.5. The molecule has 5 nitrogen and oxygen atoms in total. The second-order valence-corrected chi connectivity index (χ2v) is 8.93. The van der Waals surface area contributed by atoms with Gasteiger partial charge >= 0.3 is 0 Å². The van der Waals surface area contributed by atoms with E-state index in [0.717, 1.165) is 49.7 Å². The number of carbonyl (C=O) groups excluding carboxylic acids is 1. The lowest BCUT2D eigenvalue weighted by Gasteiger charge is -2.51. The van der Waals surface area contributed by atoms with E-state index in [2.05, 4.69) is 22.8 Å². The smallest absolute Gasteiger partial charge is 0.227 e. The Balaban J connectivity index is 1.54. The highest BCUT2D eigenvalue weighted by Crippen LogP contribution is 2.36. The molecule has 0 aromatic heterocycles. The van der Waals surface area contributed by atoms with E-state index in [0.29, 0.717) is 18.4 Å². The summed E-state index contributed by atoms with van der Waals surface area (Å²) in [7, 11) is 1.67. The lowest BCUT2D eigenvalue weighted by atomic mass is 9.79. The van der Waals surface area contributed by atoms with Crippen LogP contribution in [0.5, 0.6) is 5.75 Å². The Labute approximate surface area is 181 Å². The zero-order chi connectivity index (χ0) is 20.9. The first-order chi connectivity index (χ1) is 14.7. The fraction of sp³-hybridized carbons (Fsp3) is 0.640. The van der Waals surface area contributed by atoms with Gasteiger partial charge in [-0.2, -0.15) is 0 Å². The molecule has 2 atom stereocenters. The number of benzene rings is 1. The molecule has 1 saturated carbocycles. The molecule has 2 heterocycles. The van der Waals surface area contributed by atoms with Crippen LogP contribution in [0.25, 0.3) is 0 Å². The van der Waals surface area contributed by atoms with Crippen LogP contribution in [0.3, 0.4) is 0 Å². The van der Waals surface area contributed by atoms with Crippen LogP contribution in [0.15, 0.2) is 36.2 Å². The lowest BCUT2D eigenvalue weighted by molar-refractivity contribution is -0.139. The number of amides is 1. The molecular formula is C25H36N2O3. The summed E-state index contributed by atoms with van der Waals surface area (Å²) in [5.41, 5.74) is 0.965. The van der Waals surface area contributed by atoms with Crippen molar-refractivity contribution < 1.29 is 14.3 Å². The van der Waals surface area contributed by atoms with Gasteiger partial charge in [0.1, 0.15) is 5.75 Å². The van der Waals surface area contributed by atoms with Gasteiger partial charge in [-0.05, 0) is 50.7 Å². The van der Waals surface area contributed by atoms with Crippen LogP contribution >= 0.6 is 0 Å². The predicted octanol–water partition coefficient (Wildman–Crippen LogP) is 4.37. The summed E-state index contributed by atoms with van der Waals surface area (Å²) in [6, 6.07) is 8.37. The zero-order valence-electron chi connectivity index (χ0n) is 18.5. The number of methoxy groups -OCH3 is 1. The summed E-state index contributed by atoms with van der Waals surface area (Å²) in [6.07, 6.45) is 11.3. The molecule has 0 N–H and O–H groups in total. The fourth-order valence-corrected chi connectivity index (χ4v) is 5.60. The Bertz CT molecular complexity index is 757. The Hall–Kier alpha value is -2.17. The average molecular weight is 413 g/mol. The molecule has 1 aliphatic carbocycles. The summed E-state index contributed by atoms with van der Waals surface area (Å²) in [5.74, 6) is 2.68. The van der Waals surface area contributed by atoms with Crippen molar-refractivity contribution in [3.63, 3.8) is 0 Å². The van der Waals surface area contributed by atoms with Crippen LogP contribution in [0.1, 0.15) is 57.4 Å². The van der Waals surface area contributed by atoms with Crippen LogP contribution in [0, 0.1) is 5.92 Å². The third kappa shape index (κ3) is 4.45. The van der Waals surface area contributed by atoms with Gasteiger partial charge in [-0.3, -0.25) is 4.79 Å². The maximum absolute atomic E-state index is 13.4. The molecule has 0 spiro atoms. The summed E-state index contributed by atoms with van der Waals surface area (Å²) >= 11 is 0. The van der Waals surface area contributed by atoms with E-state index in [1.54, 1.807) is 7.11 Å². The van der Waals surface area contributed by atoms with Crippen molar-refractivity contribution in [1.29, 1.82) is 0 Å². The van der Waals surface area contributed by atoms with Gasteiger partial charge in [0.05, 0.1) is 26.2 Å². The molecular weight excluding hydrogens is 376 g/mol. The number of carbonyl (C=O) groups is 1. The van der Waals surface area contributed by atoms with Gasteiger partial charge in [-0.25, -0.2) is 0 Å². The van der Waals surface area contributed by atoms with Gasteiger partial charge in [0.2, 0.25) is 5.91 Å². The third-order valence-electron chi connectivity index (χ3n) is 7.12. The highest BCUT2D eigenvalue weighted by atomic mass is 16.5. The number of nitrogens with zero attached hydrogens (tertiary/aromatic N) is 2. The quantitative estimate of drug-likeness (QED) is 0.720. The molecule has 5 heteroatoms. The number of hydrogen-bond donors (Lipinski definition) is 0. The molecule has 3 aliphatic rings. The first-order valence-electron chi connectivity index (χ1n) is 11.7. The van der Waals surface area contributed by atoms with E-state index >= 15 is 0 Å². The summed E-state index contributed by atoms with van der Waals surface area (Å²) in [6.45, 7) is 4.66. The summed E-state index contributed by atoms with van der Waals surface area (Å²) in [5, 5.41) is 0. The molecule has 1 amide bonds. The van der Waals surface area contributed by atoms with Crippen molar-refractivity contribution in [3.8, 4) is 5.75 Å². The second-order valence-electron chi connectivity index (χ2n) is 8.93. The van der Waals surface area contributed by atoms with E-state index in [9.17, 15) is 4.79 Å². The van der Waals surface area contributed by atoms with Gasteiger partial charge in [-0.15, -0.1) is 0 Å². The second kappa shape index (κ2) is 9.76. The van der Waals surface area contributed by atoms with Gasteiger partial charge in [0, 0.05) is 24.7 Å². The first-order valence-corrected chi connectivity index (χ1v) is 11.7. The zero-order valence-corrected chi connectivity index (χ0v) is 18.5. The van der Waals surface area contributed by atoms with Crippen LogP contribution < -0.4 is 4.74 Å². The monoisotopic (exact) mass is 412 g/mol. The Morgan fingerprint density at radius 3 is 2.67 bits per heavy atom. The third-order valence-corrected chi connectivity index (χ3v) is 7.12. The average Bonchev–Trinajstić information content (AvgIpc) is 2.80. The lowest BCUT2D eigenvalue weighted by Crippen LogP contribution is -2.62. The van der Waals surface area contributed by atoms with E-state index < -0.39 is 0 Å². The molecule has 0 unspecified atom stereocenters. The number of hydrogen-bond acceptors (Lipinski definition) is 4. The molecule has 2 aliphatic heterocycles. The molecule has 1 aromatic carbocycles. The molecule has 1 aromatic rings. The van der Waals surface area contributed by atoms with Crippen LogP contribution in [0.4, 0.5) is 0 Å². The fourth-order valence-electron chi connectivity index (χ4n) is 5.60. The number of ether oxygens (including phenoxy) is 2. The molecule has 4 rings (SSSR count). The van der Waals surface area contributed by atoms with E-state index in [1.807, 2.05) is 24.3 Å². The first kappa shape index (κ1) is 21.1. The van der Waals surface area contributed by atoms with Crippen molar-refractivity contribution in [2.45, 2.75) is 70.4 Å². The molecule has 164 valence electrons. The molecule has 1 saturated heterocycles. The molecule has 0 radical (unpaired) electrons. The van der Waals surface area contributed by atoms with Crippen LogP contribution in [0.2, 0.25) is 0 Å². The Morgan fingerprint density at radius 2 is 1.93 bits per heavy atom. The maximum Gasteiger partial charge on any atom is 0.227 e. The highest BCUT2D eigenvalue weighted by Gasteiger charge is 2.42. The predicted molar refractivity (Wildman–Crippen MR) is 118 cm³/mol. The van der Waals surface area contributed by atoms with Gasteiger partial charge < -0.3 is 19.3 Å². The number of para-hydroxylation sites is 1. The molecule has 2 fully saturated rings. The minimum absolute atomic E-state index is 0.176.